The standard InChI is InChI=1S/C26H29N3O3/c1-16(17-8-10-22-18(12-17)13-26(31)28(22)2)27-25(30)15-29-23-7-5-4-6-20(23)21-14-19(32-3)9-11-24(21)29/h8-12,14,16H,4-7,13,15H2,1-3H3,(H,27,30). The molecule has 6 heteroatoms. The van der Waals surface area contributed by atoms with Crippen molar-refractivity contribution >= 4 is 28.4 Å². The Kier molecular flexibility index (Phi) is 5.16. The van der Waals surface area contributed by atoms with E-state index in [0.29, 0.717) is 13.0 Å². The largest absolute Gasteiger partial charge is 0.497 e. The third-order valence-corrected chi connectivity index (χ3v) is 6.94. The maximum Gasteiger partial charge on any atom is 0.240 e. The number of nitrogens with zero attached hydrogens (tertiary/aromatic N) is 2. The van der Waals surface area contributed by atoms with Crippen molar-refractivity contribution in [1.82, 2.24) is 9.88 Å². The molecule has 166 valence electrons. The summed E-state index contributed by atoms with van der Waals surface area (Å²) >= 11 is 0. The van der Waals surface area contributed by atoms with Crippen molar-refractivity contribution in [2.75, 3.05) is 19.1 Å². The van der Waals surface area contributed by atoms with Crippen LogP contribution in [-0.4, -0.2) is 30.5 Å². The number of benzene rings is 2. The lowest BCUT2D eigenvalue weighted by Crippen LogP contribution is -2.30. The Labute approximate surface area is 188 Å². The Balaban J connectivity index is 1.38. The Bertz CT molecular complexity index is 1230. The van der Waals surface area contributed by atoms with Gasteiger partial charge in [0.05, 0.1) is 19.6 Å². The molecule has 2 aliphatic rings. The fourth-order valence-electron chi connectivity index (χ4n) is 5.20. The van der Waals surface area contributed by atoms with Gasteiger partial charge in [-0.1, -0.05) is 12.1 Å². The van der Waals surface area contributed by atoms with E-state index in [-0.39, 0.29) is 17.9 Å². The zero-order valence-electron chi connectivity index (χ0n) is 18.9. The van der Waals surface area contributed by atoms with Crippen LogP contribution in [-0.2, 0) is 35.4 Å². The summed E-state index contributed by atoms with van der Waals surface area (Å²) in [6.45, 7) is 2.29. The van der Waals surface area contributed by atoms with E-state index in [1.165, 1.54) is 23.1 Å². The number of hydrogen-bond acceptors (Lipinski definition) is 3. The van der Waals surface area contributed by atoms with Crippen LogP contribution < -0.4 is 15.0 Å². The first kappa shape index (κ1) is 20.6. The number of carbonyl (C=O) groups excluding carboxylic acids is 2. The number of rotatable bonds is 5. The summed E-state index contributed by atoms with van der Waals surface area (Å²) in [7, 11) is 3.49. The molecule has 0 saturated heterocycles. The predicted molar refractivity (Wildman–Crippen MR) is 125 cm³/mol. The van der Waals surface area contributed by atoms with Crippen molar-refractivity contribution in [1.29, 1.82) is 0 Å². The highest BCUT2D eigenvalue weighted by atomic mass is 16.5. The second-order valence-electron chi connectivity index (χ2n) is 8.91. The normalized spacial score (nSPS) is 16.1. The summed E-state index contributed by atoms with van der Waals surface area (Å²) in [5, 5.41) is 4.36. The molecule has 0 radical (unpaired) electrons. The first-order valence-corrected chi connectivity index (χ1v) is 11.3. The molecule has 0 fully saturated rings. The summed E-state index contributed by atoms with van der Waals surface area (Å²) in [6.07, 6.45) is 4.81. The SMILES string of the molecule is COc1ccc2c(c1)c1c(n2CC(=O)NC(C)c2ccc3c(c2)CC(=O)N3C)CCCC1. The van der Waals surface area contributed by atoms with Gasteiger partial charge in [0.15, 0.2) is 0 Å². The molecule has 5 rings (SSSR count). The van der Waals surface area contributed by atoms with Gasteiger partial charge in [-0.25, -0.2) is 0 Å². The van der Waals surface area contributed by atoms with E-state index in [1.54, 1.807) is 19.1 Å². The summed E-state index contributed by atoms with van der Waals surface area (Å²) in [6, 6.07) is 12.0. The smallest absolute Gasteiger partial charge is 0.240 e. The van der Waals surface area contributed by atoms with E-state index < -0.39 is 0 Å². The molecule has 1 aliphatic heterocycles. The number of carbonyl (C=O) groups is 2. The van der Waals surface area contributed by atoms with Crippen LogP contribution in [0.2, 0.25) is 0 Å². The first-order chi connectivity index (χ1) is 15.5. The lowest BCUT2D eigenvalue weighted by Gasteiger charge is -2.19. The quantitative estimate of drug-likeness (QED) is 0.666. The van der Waals surface area contributed by atoms with Crippen molar-refractivity contribution in [2.24, 2.45) is 0 Å². The molecule has 32 heavy (non-hydrogen) atoms. The van der Waals surface area contributed by atoms with Crippen molar-refractivity contribution < 1.29 is 14.3 Å². The maximum absolute atomic E-state index is 13.1. The van der Waals surface area contributed by atoms with E-state index in [4.69, 9.17) is 4.74 Å². The summed E-state index contributed by atoms with van der Waals surface area (Å²) in [5.74, 6) is 0.948. The van der Waals surface area contributed by atoms with Gasteiger partial charge in [-0.15, -0.1) is 0 Å². The molecule has 2 aromatic carbocycles. The molecule has 2 amide bonds. The van der Waals surface area contributed by atoms with Gasteiger partial charge < -0.3 is 19.5 Å². The Morgan fingerprint density at radius 2 is 1.97 bits per heavy atom. The minimum Gasteiger partial charge on any atom is -0.497 e. The predicted octanol–water partition coefficient (Wildman–Crippen LogP) is 3.93. The molecular formula is C26H29N3O3. The fraction of sp³-hybridized carbons (Fsp3) is 0.385. The number of fused-ring (bicyclic) bond motifs is 4. The van der Waals surface area contributed by atoms with Gasteiger partial charge in [-0.3, -0.25) is 9.59 Å². The van der Waals surface area contributed by atoms with Gasteiger partial charge in [-0.05, 0) is 73.6 Å². The number of aromatic nitrogens is 1. The summed E-state index contributed by atoms with van der Waals surface area (Å²) in [5.41, 5.74) is 6.73. The van der Waals surface area contributed by atoms with E-state index in [1.807, 2.05) is 31.2 Å². The molecule has 2 heterocycles. The second-order valence-corrected chi connectivity index (χ2v) is 8.91. The third-order valence-electron chi connectivity index (χ3n) is 6.94. The van der Waals surface area contributed by atoms with Gasteiger partial charge >= 0.3 is 0 Å². The van der Waals surface area contributed by atoms with Gasteiger partial charge in [0.1, 0.15) is 12.3 Å². The van der Waals surface area contributed by atoms with Gasteiger partial charge in [0.2, 0.25) is 11.8 Å². The van der Waals surface area contributed by atoms with Crippen molar-refractivity contribution in [2.45, 2.75) is 51.6 Å². The van der Waals surface area contributed by atoms with Gasteiger partial charge in [-0.2, -0.15) is 0 Å². The lowest BCUT2D eigenvalue weighted by molar-refractivity contribution is -0.122. The number of aryl methyl sites for hydroxylation is 1. The van der Waals surface area contributed by atoms with Crippen LogP contribution in [0.25, 0.3) is 10.9 Å². The molecule has 1 atom stereocenters. The van der Waals surface area contributed by atoms with E-state index in [0.717, 1.165) is 47.3 Å². The van der Waals surface area contributed by atoms with E-state index in [9.17, 15) is 9.59 Å². The fourth-order valence-corrected chi connectivity index (χ4v) is 5.20. The molecule has 1 aliphatic carbocycles. The minimum absolute atomic E-state index is 0.00714. The zero-order valence-corrected chi connectivity index (χ0v) is 18.9. The van der Waals surface area contributed by atoms with Gasteiger partial charge in [0.25, 0.3) is 0 Å². The zero-order chi connectivity index (χ0) is 22.4. The molecule has 0 spiro atoms. The van der Waals surface area contributed by atoms with Gasteiger partial charge in [0, 0.05) is 29.3 Å². The van der Waals surface area contributed by atoms with Crippen LogP contribution in [0.3, 0.4) is 0 Å². The Morgan fingerprint density at radius 3 is 2.78 bits per heavy atom. The van der Waals surface area contributed by atoms with E-state index in [2.05, 4.69) is 22.0 Å². The highest BCUT2D eigenvalue weighted by molar-refractivity contribution is 6.01. The molecule has 1 unspecified atom stereocenters. The third kappa shape index (κ3) is 3.44. The monoisotopic (exact) mass is 431 g/mol. The molecule has 0 bridgehead atoms. The highest BCUT2D eigenvalue weighted by Crippen LogP contribution is 2.34. The number of nitrogens with one attached hydrogen (secondary N) is 1. The van der Waals surface area contributed by atoms with Crippen LogP contribution in [0.15, 0.2) is 36.4 Å². The lowest BCUT2D eigenvalue weighted by atomic mass is 9.95. The first-order valence-electron chi connectivity index (χ1n) is 11.3. The molecule has 1 N–H and O–H groups in total. The van der Waals surface area contributed by atoms with Crippen LogP contribution in [0.1, 0.15) is 48.2 Å². The molecule has 0 saturated carbocycles. The molecule has 3 aromatic rings. The van der Waals surface area contributed by atoms with Crippen LogP contribution in [0.4, 0.5) is 5.69 Å². The number of methoxy groups -OCH3 is 1. The number of amides is 2. The highest BCUT2D eigenvalue weighted by Gasteiger charge is 2.25. The molecular weight excluding hydrogens is 402 g/mol. The number of hydrogen-bond donors (Lipinski definition) is 1. The number of likely N-dealkylation sites (N-methyl/N-ethyl adjacent to an activating group) is 1. The maximum atomic E-state index is 13.1. The van der Waals surface area contributed by atoms with Crippen molar-refractivity contribution in [3.8, 4) is 5.75 Å². The molecule has 1 aromatic heterocycles. The Hall–Kier alpha value is -3.28. The summed E-state index contributed by atoms with van der Waals surface area (Å²) < 4.78 is 7.62. The topological polar surface area (TPSA) is 63.6 Å². The number of anilines is 1. The van der Waals surface area contributed by atoms with Crippen molar-refractivity contribution in [3.05, 3.63) is 58.8 Å². The van der Waals surface area contributed by atoms with Crippen molar-refractivity contribution in [3.63, 3.8) is 0 Å². The Morgan fingerprint density at radius 1 is 1.16 bits per heavy atom. The van der Waals surface area contributed by atoms with E-state index >= 15 is 0 Å². The minimum atomic E-state index is -0.133. The molecule has 6 nitrogen and oxygen atoms in total. The average molecular weight is 432 g/mol. The average Bonchev–Trinajstić information content (AvgIpc) is 3.26. The number of ether oxygens (including phenoxy) is 1. The van der Waals surface area contributed by atoms with Crippen LogP contribution in [0, 0.1) is 0 Å². The summed E-state index contributed by atoms with van der Waals surface area (Å²) in [4.78, 5) is 26.7. The van der Waals surface area contributed by atoms with Crippen LogP contribution >= 0.6 is 0 Å². The van der Waals surface area contributed by atoms with Crippen LogP contribution in [0.5, 0.6) is 5.75 Å². The second kappa shape index (κ2) is 8.01.